The van der Waals surface area contributed by atoms with Crippen molar-refractivity contribution < 1.29 is 9.47 Å². The van der Waals surface area contributed by atoms with Crippen molar-refractivity contribution in [1.82, 2.24) is 5.32 Å². The molecule has 0 aromatic heterocycles. The quantitative estimate of drug-likeness (QED) is 0.784. The first-order chi connectivity index (χ1) is 10.3. The van der Waals surface area contributed by atoms with Crippen molar-refractivity contribution in [3.8, 4) is 11.5 Å². The Hall–Kier alpha value is -1.22. The van der Waals surface area contributed by atoms with E-state index in [2.05, 4.69) is 12.2 Å². The minimum absolute atomic E-state index is 0.460. The fraction of sp³-hybridized carbons (Fsp3) is 0.667. The lowest BCUT2D eigenvalue weighted by Gasteiger charge is -2.29. The Bertz CT molecular complexity index is 385. The van der Waals surface area contributed by atoms with Crippen molar-refractivity contribution >= 4 is 0 Å². The van der Waals surface area contributed by atoms with Crippen LogP contribution in [0.3, 0.4) is 0 Å². The molecular formula is C18H29NO2. The van der Waals surface area contributed by atoms with E-state index >= 15 is 0 Å². The standard InChI is InChI=1S/C18H29NO2/c1-3-13-20-16-9-11-17(12-10-16)21-14-18(19-2)15-7-5-4-6-8-15/h9-12,15,18-19H,3-8,13-14H2,1-2H3. The van der Waals surface area contributed by atoms with E-state index in [0.29, 0.717) is 6.04 Å². The molecule has 1 unspecified atom stereocenters. The number of hydrogen-bond donors (Lipinski definition) is 1. The van der Waals surface area contributed by atoms with E-state index in [0.717, 1.165) is 37.1 Å². The Kier molecular flexibility index (Phi) is 6.87. The van der Waals surface area contributed by atoms with Crippen molar-refractivity contribution in [3.63, 3.8) is 0 Å². The molecule has 1 saturated carbocycles. The summed E-state index contributed by atoms with van der Waals surface area (Å²) in [7, 11) is 2.05. The zero-order chi connectivity index (χ0) is 14.9. The van der Waals surface area contributed by atoms with Gasteiger partial charge in [-0.25, -0.2) is 0 Å². The van der Waals surface area contributed by atoms with Gasteiger partial charge >= 0.3 is 0 Å². The van der Waals surface area contributed by atoms with E-state index < -0.39 is 0 Å². The lowest BCUT2D eigenvalue weighted by molar-refractivity contribution is 0.192. The monoisotopic (exact) mass is 291 g/mol. The molecule has 1 aliphatic rings. The molecule has 0 radical (unpaired) electrons. The highest BCUT2D eigenvalue weighted by atomic mass is 16.5. The Balaban J connectivity index is 1.80. The molecule has 1 atom stereocenters. The summed E-state index contributed by atoms with van der Waals surface area (Å²) in [5.74, 6) is 2.60. The van der Waals surface area contributed by atoms with Gasteiger partial charge in [0.05, 0.1) is 6.61 Å². The van der Waals surface area contributed by atoms with Crippen molar-refractivity contribution in [2.45, 2.75) is 51.5 Å². The number of nitrogens with one attached hydrogen (secondary N) is 1. The van der Waals surface area contributed by atoms with Gasteiger partial charge in [0.25, 0.3) is 0 Å². The molecule has 0 heterocycles. The third kappa shape index (κ3) is 5.24. The zero-order valence-electron chi connectivity index (χ0n) is 13.4. The van der Waals surface area contributed by atoms with Crippen LogP contribution in [0, 0.1) is 5.92 Å². The number of rotatable bonds is 8. The first-order valence-corrected chi connectivity index (χ1v) is 8.36. The van der Waals surface area contributed by atoms with Gasteiger partial charge in [-0.15, -0.1) is 0 Å². The number of likely N-dealkylation sites (N-methyl/N-ethyl adjacent to an activating group) is 1. The largest absolute Gasteiger partial charge is 0.494 e. The molecule has 1 aliphatic carbocycles. The van der Waals surface area contributed by atoms with Crippen molar-refractivity contribution in [1.29, 1.82) is 0 Å². The maximum atomic E-state index is 5.95. The van der Waals surface area contributed by atoms with Crippen LogP contribution < -0.4 is 14.8 Å². The van der Waals surface area contributed by atoms with Crippen LogP contribution in [0.25, 0.3) is 0 Å². The van der Waals surface area contributed by atoms with Gasteiger partial charge in [0, 0.05) is 6.04 Å². The van der Waals surface area contributed by atoms with Crippen LogP contribution in [-0.2, 0) is 0 Å². The predicted molar refractivity (Wildman–Crippen MR) is 87.1 cm³/mol. The van der Waals surface area contributed by atoms with Gasteiger partial charge < -0.3 is 14.8 Å². The number of ether oxygens (including phenoxy) is 2. The van der Waals surface area contributed by atoms with E-state index in [-0.39, 0.29) is 0 Å². The summed E-state index contributed by atoms with van der Waals surface area (Å²) in [6, 6.07) is 8.43. The van der Waals surface area contributed by atoms with Crippen LogP contribution in [0.2, 0.25) is 0 Å². The van der Waals surface area contributed by atoms with Crippen molar-refractivity contribution in [3.05, 3.63) is 24.3 Å². The Labute approximate surface area is 129 Å². The Morgan fingerprint density at radius 3 is 2.24 bits per heavy atom. The minimum atomic E-state index is 0.460. The molecule has 0 spiro atoms. The van der Waals surface area contributed by atoms with Crippen LogP contribution in [0.4, 0.5) is 0 Å². The summed E-state index contributed by atoms with van der Waals surface area (Å²) in [4.78, 5) is 0. The second-order valence-corrected chi connectivity index (χ2v) is 5.92. The average molecular weight is 291 g/mol. The van der Waals surface area contributed by atoms with Gasteiger partial charge in [-0.1, -0.05) is 26.2 Å². The van der Waals surface area contributed by atoms with E-state index in [1.54, 1.807) is 0 Å². The summed E-state index contributed by atoms with van der Waals surface area (Å²) in [5, 5.41) is 3.43. The fourth-order valence-electron chi connectivity index (χ4n) is 3.03. The van der Waals surface area contributed by atoms with Gasteiger partial charge in [0.15, 0.2) is 0 Å². The van der Waals surface area contributed by atoms with E-state index in [4.69, 9.17) is 9.47 Å². The Morgan fingerprint density at radius 2 is 1.67 bits per heavy atom. The summed E-state index contributed by atoms with van der Waals surface area (Å²) >= 11 is 0. The van der Waals surface area contributed by atoms with Crippen LogP contribution in [0.15, 0.2) is 24.3 Å². The number of benzene rings is 1. The molecular weight excluding hydrogens is 262 g/mol. The lowest BCUT2D eigenvalue weighted by Crippen LogP contribution is -2.39. The van der Waals surface area contributed by atoms with Gasteiger partial charge in [-0.2, -0.15) is 0 Å². The molecule has 0 aliphatic heterocycles. The third-order valence-corrected chi connectivity index (χ3v) is 4.32. The molecule has 2 rings (SSSR count). The van der Waals surface area contributed by atoms with Crippen LogP contribution >= 0.6 is 0 Å². The molecule has 1 aromatic carbocycles. The first kappa shape index (κ1) is 16.2. The summed E-state index contributed by atoms with van der Waals surface area (Å²) in [5.41, 5.74) is 0. The van der Waals surface area contributed by atoms with Crippen LogP contribution in [0.1, 0.15) is 45.4 Å². The smallest absolute Gasteiger partial charge is 0.119 e. The van der Waals surface area contributed by atoms with Crippen LogP contribution in [-0.4, -0.2) is 26.3 Å². The molecule has 0 amide bonds. The van der Waals surface area contributed by atoms with Crippen molar-refractivity contribution in [2.24, 2.45) is 5.92 Å². The maximum Gasteiger partial charge on any atom is 0.119 e. The molecule has 118 valence electrons. The highest BCUT2D eigenvalue weighted by Crippen LogP contribution is 2.27. The predicted octanol–water partition coefficient (Wildman–Crippen LogP) is 4.02. The number of hydrogen-bond acceptors (Lipinski definition) is 3. The molecule has 1 fully saturated rings. The second kappa shape index (κ2) is 8.93. The van der Waals surface area contributed by atoms with E-state index in [1.165, 1.54) is 32.1 Å². The molecule has 0 bridgehead atoms. The van der Waals surface area contributed by atoms with Crippen LogP contribution in [0.5, 0.6) is 11.5 Å². The zero-order valence-corrected chi connectivity index (χ0v) is 13.4. The lowest BCUT2D eigenvalue weighted by atomic mass is 9.84. The average Bonchev–Trinajstić information content (AvgIpc) is 2.55. The highest BCUT2D eigenvalue weighted by Gasteiger charge is 2.22. The summed E-state index contributed by atoms with van der Waals surface area (Å²) in [6.45, 7) is 3.63. The minimum Gasteiger partial charge on any atom is -0.494 e. The van der Waals surface area contributed by atoms with E-state index in [9.17, 15) is 0 Å². The molecule has 21 heavy (non-hydrogen) atoms. The third-order valence-electron chi connectivity index (χ3n) is 4.32. The summed E-state index contributed by atoms with van der Waals surface area (Å²) in [6.07, 6.45) is 7.83. The molecule has 3 heteroatoms. The van der Waals surface area contributed by atoms with Gasteiger partial charge in [-0.3, -0.25) is 0 Å². The van der Waals surface area contributed by atoms with E-state index in [1.807, 2.05) is 31.3 Å². The van der Waals surface area contributed by atoms with Gasteiger partial charge in [0.1, 0.15) is 18.1 Å². The highest BCUT2D eigenvalue weighted by molar-refractivity contribution is 5.31. The first-order valence-electron chi connectivity index (χ1n) is 8.36. The molecule has 3 nitrogen and oxygen atoms in total. The Morgan fingerprint density at radius 1 is 1.05 bits per heavy atom. The fourth-order valence-corrected chi connectivity index (χ4v) is 3.03. The topological polar surface area (TPSA) is 30.5 Å². The normalized spacial score (nSPS) is 17.4. The van der Waals surface area contributed by atoms with Crippen molar-refractivity contribution in [2.75, 3.05) is 20.3 Å². The molecule has 0 saturated heterocycles. The van der Waals surface area contributed by atoms with Gasteiger partial charge in [0.2, 0.25) is 0 Å². The second-order valence-electron chi connectivity index (χ2n) is 5.92. The SMILES string of the molecule is CCCOc1ccc(OCC(NC)C2CCCCC2)cc1. The molecule has 1 N–H and O–H groups in total. The molecule has 1 aromatic rings. The maximum absolute atomic E-state index is 5.95. The van der Waals surface area contributed by atoms with Gasteiger partial charge in [-0.05, 0) is 56.5 Å². The summed E-state index contributed by atoms with van der Waals surface area (Å²) < 4.78 is 11.5.